The second-order valence-electron chi connectivity index (χ2n) is 27.2. The number of fused-ring (bicyclic) bond motifs is 3. The largest absolute Gasteiger partial charge is 0.493 e. The van der Waals surface area contributed by atoms with Gasteiger partial charge in [0.2, 0.25) is 5.88 Å². The van der Waals surface area contributed by atoms with Crippen LogP contribution in [-0.2, 0) is 42.2 Å². The molecule has 9 heterocycles. The van der Waals surface area contributed by atoms with E-state index in [9.17, 15) is 18.5 Å². The van der Waals surface area contributed by atoms with Crippen molar-refractivity contribution in [2.24, 2.45) is 11.3 Å². The number of hydrogen-bond acceptors (Lipinski definition) is 19. The first kappa shape index (κ1) is 62.9. The highest BCUT2D eigenvalue weighted by Crippen LogP contribution is 2.54. The van der Waals surface area contributed by atoms with Crippen LogP contribution in [-0.4, -0.2) is 176 Å². The number of rotatable bonds is 20. The van der Waals surface area contributed by atoms with E-state index in [1.54, 1.807) is 13.2 Å². The maximum absolute atomic E-state index is 15.0. The molecule has 1 amide bonds. The van der Waals surface area contributed by atoms with Crippen LogP contribution < -0.4 is 34.2 Å². The molecule has 486 valence electrons. The molecule has 6 aromatic rings. The molecule has 22 nitrogen and oxygen atoms in total. The average Bonchev–Trinajstić information content (AvgIpc) is 1.55. The summed E-state index contributed by atoms with van der Waals surface area (Å²) in [6.07, 6.45) is 9.93. The lowest BCUT2D eigenvalue weighted by atomic mass is 9.59. The van der Waals surface area contributed by atoms with E-state index >= 15 is 4.79 Å². The van der Waals surface area contributed by atoms with E-state index in [-0.39, 0.29) is 41.3 Å². The third-order valence-electron chi connectivity index (χ3n) is 20.0. The lowest BCUT2D eigenvalue weighted by Gasteiger charge is -2.58. The Bertz CT molecular complexity index is 3730. The third kappa shape index (κ3) is 13.6. The summed E-state index contributed by atoms with van der Waals surface area (Å²) in [5.41, 5.74) is 6.65. The van der Waals surface area contributed by atoms with Crippen molar-refractivity contribution in [1.82, 2.24) is 29.1 Å². The summed E-state index contributed by atoms with van der Waals surface area (Å²) in [5.74, 6) is 1.41. The Kier molecular flexibility index (Phi) is 18.4. The smallest absolute Gasteiger partial charge is 0.293 e. The Morgan fingerprint density at radius 3 is 2.42 bits per heavy atom. The van der Waals surface area contributed by atoms with Crippen molar-refractivity contribution >= 4 is 69.3 Å². The molecule has 0 radical (unpaired) electrons. The molecule has 13 rings (SSSR count). The van der Waals surface area contributed by atoms with E-state index in [1.807, 2.05) is 41.2 Å². The number of sulfonamides is 1. The molecule has 6 fully saturated rings. The van der Waals surface area contributed by atoms with Crippen LogP contribution in [0.5, 0.6) is 11.6 Å². The van der Waals surface area contributed by atoms with Crippen molar-refractivity contribution in [3.8, 4) is 11.6 Å². The maximum Gasteiger partial charge on any atom is 0.293 e. The fourth-order valence-electron chi connectivity index (χ4n) is 14.7. The molecular weight excluding hydrogens is 1190 g/mol. The van der Waals surface area contributed by atoms with Gasteiger partial charge in [0.25, 0.3) is 21.6 Å². The monoisotopic (exact) mass is 1280 g/mol. The number of nitrogens with one attached hydrogen (secondary N) is 2. The molecule has 0 unspecified atom stereocenters. The molecule has 6 aliphatic heterocycles. The van der Waals surface area contributed by atoms with E-state index in [1.165, 1.54) is 23.3 Å². The number of amides is 1. The van der Waals surface area contributed by atoms with Gasteiger partial charge in [-0.1, -0.05) is 43.9 Å². The molecule has 7 aliphatic rings. The Labute approximate surface area is 534 Å². The molecule has 1 saturated carbocycles. The number of piperazine rings is 1. The number of hydrogen-bond donors (Lipinski definition) is 2. The number of nitrogens with zero attached hydrogens (tertiary/aromatic N) is 9. The number of pyridine rings is 2. The first-order chi connectivity index (χ1) is 44.0. The SMILES string of the molecule is COc1cc(CN2CCN(C3CC4(CCN(c5ccc(C(=O)NS(=O)(=O)c6ccc(NCC7CCOCC7)c([N+](=O)[O-])c6)c(N6c7cc8ccn(COCC[Si](C)(C)C)c8nc7O[C@H]7COCC[C@@H]76)c5)CC4)C3)[C@H](c3ccccc3C)C2)cnc1N1CCOCC1. The van der Waals surface area contributed by atoms with Gasteiger partial charge in [0, 0.05) is 135 Å². The number of nitro groups is 1. The summed E-state index contributed by atoms with van der Waals surface area (Å²) < 4.78 is 69.1. The Balaban J connectivity index is 0.758. The molecule has 2 N–H and O–H groups in total. The van der Waals surface area contributed by atoms with Crippen molar-refractivity contribution < 1.29 is 46.6 Å². The predicted octanol–water partition coefficient (Wildman–Crippen LogP) is 9.76. The second kappa shape index (κ2) is 26.6. The molecule has 1 spiro atoms. The highest BCUT2D eigenvalue weighted by molar-refractivity contribution is 7.90. The maximum atomic E-state index is 15.0. The van der Waals surface area contributed by atoms with Crippen molar-refractivity contribution in [3.63, 3.8) is 0 Å². The summed E-state index contributed by atoms with van der Waals surface area (Å²) in [6.45, 7) is 20.8. The number of piperidine rings is 1. The predicted molar refractivity (Wildman–Crippen MR) is 352 cm³/mol. The zero-order valence-electron chi connectivity index (χ0n) is 53.1. The molecule has 3 aromatic carbocycles. The van der Waals surface area contributed by atoms with E-state index in [2.05, 4.69) is 91.4 Å². The Morgan fingerprint density at radius 1 is 0.868 bits per heavy atom. The zero-order valence-corrected chi connectivity index (χ0v) is 55.0. The van der Waals surface area contributed by atoms with Crippen LogP contribution in [0.3, 0.4) is 0 Å². The second-order valence-corrected chi connectivity index (χ2v) is 34.5. The molecule has 24 heteroatoms. The number of methoxy groups -OCH3 is 1. The number of aromatic nitrogens is 3. The number of carbonyl (C=O) groups excluding carboxylic acids is 1. The number of morpholine rings is 1. The number of carbonyl (C=O) groups is 1. The minimum Gasteiger partial charge on any atom is -0.493 e. The zero-order chi connectivity index (χ0) is 63.0. The molecule has 5 saturated heterocycles. The van der Waals surface area contributed by atoms with Gasteiger partial charge >= 0.3 is 0 Å². The van der Waals surface area contributed by atoms with Crippen LogP contribution in [0.4, 0.5) is 34.3 Å². The lowest BCUT2D eigenvalue weighted by Crippen LogP contribution is -2.59. The standard InChI is InChI=1S/C67H87N11O11SSi/c1-46-8-6-7-9-53(46)60-43-72(42-48-34-61(84-2)64(69-41-48)74-25-30-86-31-26-74)23-24-76(60)51-38-67(39-51)18-21-73(22-19-67)50-10-12-54(65(79)71-90(82,83)52-11-13-55(58(37-52)78(80)81)68-40-47-15-27-85-28-16-47)57(36-50)77-56-17-29-87-44-62(56)89-66-59(77)35-49-14-20-75(63(49)70-66)45-88-32-33-91(3,4)5/h6-14,20,34-37,41,47,51,56,60,62,68H,15-19,21-33,38-40,42-45H2,1-5H3,(H,71,79)/t56-,60-,62-/m0/s1. The Hall–Kier alpha value is -6.90. The average molecular weight is 1280 g/mol. The number of benzene rings is 3. The topological polar surface area (TPSA) is 221 Å². The van der Waals surface area contributed by atoms with Gasteiger partial charge in [-0.15, -0.1) is 0 Å². The summed E-state index contributed by atoms with van der Waals surface area (Å²) in [6, 6.07) is 25.8. The van der Waals surface area contributed by atoms with Crippen LogP contribution >= 0.6 is 0 Å². The van der Waals surface area contributed by atoms with Crippen LogP contribution in [0.1, 0.15) is 78.0 Å². The summed E-state index contributed by atoms with van der Waals surface area (Å²) in [7, 11) is -4.25. The molecule has 3 aromatic heterocycles. The van der Waals surface area contributed by atoms with Gasteiger partial charge in [-0.25, -0.2) is 18.1 Å². The number of ether oxygens (including phenoxy) is 6. The first-order valence-electron chi connectivity index (χ1n) is 32.6. The van der Waals surface area contributed by atoms with Gasteiger partial charge in [0.1, 0.15) is 29.9 Å². The third-order valence-corrected chi connectivity index (χ3v) is 23.1. The lowest BCUT2D eigenvalue weighted by molar-refractivity contribution is -0.384. The number of anilines is 5. The van der Waals surface area contributed by atoms with Gasteiger partial charge in [-0.05, 0) is 134 Å². The fourth-order valence-corrected chi connectivity index (χ4v) is 16.5. The van der Waals surface area contributed by atoms with Crippen molar-refractivity contribution in [3.05, 3.63) is 124 Å². The molecular formula is C67H87N11O11SSi. The highest BCUT2D eigenvalue weighted by Gasteiger charge is 2.50. The van der Waals surface area contributed by atoms with Gasteiger partial charge in [-0.3, -0.25) is 24.7 Å². The van der Waals surface area contributed by atoms with Crippen LogP contribution in [0.15, 0.2) is 96.2 Å². The molecule has 0 bridgehead atoms. The first-order valence-corrected chi connectivity index (χ1v) is 37.7. The van der Waals surface area contributed by atoms with E-state index in [0.29, 0.717) is 88.3 Å². The normalized spacial score (nSPS) is 21.9. The summed E-state index contributed by atoms with van der Waals surface area (Å²) in [4.78, 5) is 48.7. The molecule has 91 heavy (non-hydrogen) atoms. The fraction of sp³-hybridized carbons (Fsp3) is 0.537. The van der Waals surface area contributed by atoms with Crippen LogP contribution in [0, 0.1) is 28.4 Å². The minimum atomic E-state index is -4.65. The van der Waals surface area contributed by atoms with Gasteiger partial charge < -0.3 is 53.0 Å². The quantitative estimate of drug-likeness (QED) is 0.0314. The van der Waals surface area contributed by atoms with Gasteiger partial charge in [0.05, 0.1) is 54.0 Å². The van der Waals surface area contributed by atoms with E-state index < -0.39 is 45.6 Å². The van der Waals surface area contributed by atoms with Crippen molar-refractivity contribution in [2.75, 3.05) is 126 Å². The van der Waals surface area contributed by atoms with Gasteiger partial charge in [-0.2, -0.15) is 4.98 Å². The Morgan fingerprint density at radius 2 is 1.65 bits per heavy atom. The van der Waals surface area contributed by atoms with Crippen molar-refractivity contribution in [1.29, 1.82) is 0 Å². The van der Waals surface area contributed by atoms with Gasteiger partial charge in [0.15, 0.2) is 11.6 Å². The van der Waals surface area contributed by atoms with Crippen molar-refractivity contribution in [2.45, 2.75) is 120 Å². The van der Waals surface area contributed by atoms with E-state index in [4.69, 9.17) is 38.4 Å². The summed E-state index contributed by atoms with van der Waals surface area (Å²) in [5, 5.41) is 16.5. The summed E-state index contributed by atoms with van der Waals surface area (Å²) >= 11 is 0. The minimum absolute atomic E-state index is 0.111. The van der Waals surface area contributed by atoms with Crippen LogP contribution in [0.25, 0.3) is 11.0 Å². The molecule has 3 atom stereocenters. The number of aryl methyl sites for hydroxylation is 1. The van der Waals surface area contributed by atoms with E-state index in [0.717, 1.165) is 131 Å². The number of nitro benzene ring substituents is 1. The highest BCUT2D eigenvalue weighted by atomic mass is 32.2. The molecule has 1 aliphatic carbocycles. The van der Waals surface area contributed by atoms with Crippen LogP contribution in [0.2, 0.25) is 25.7 Å².